The third kappa shape index (κ3) is 4.07. The first-order valence-corrected chi connectivity index (χ1v) is 7.84. The minimum Gasteiger partial charge on any atom is -0.466 e. The smallest absolute Gasteiger partial charge is 0.252 e. The highest BCUT2D eigenvalue weighted by atomic mass is 127. The average molecular weight is 399 g/mol. The second kappa shape index (κ2) is 7.09. The molecule has 1 heterocycles. The van der Waals surface area contributed by atoms with Crippen molar-refractivity contribution < 1.29 is 14.3 Å². The molecule has 1 atom stereocenters. The number of halogens is 1. The molecule has 1 unspecified atom stereocenters. The Balaban J connectivity index is 1.88. The van der Waals surface area contributed by atoms with Gasteiger partial charge in [-0.15, -0.1) is 0 Å². The zero-order valence-electron chi connectivity index (χ0n) is 12.0. The number of aliphatic hydroxyl groups is 1. The third-order valence-corrected chi connectivity index (χ3v) is 4.20. The van der Waals surface area contributed by atoms with Crippen LogP contribution in [0, 0.1) is 17.4 Å². The summed E-state index contributed by atoms with van der Waals surface area (Å²) in [6.45, 7) is 4.09. The van der Waals surface area contributed by atoms with Crippen molar-refractivity contribution in [3.05, 3.63) is 56.5 Å². The third-order valence-electron chi connectivity index (χ3n) is 3.26. The first-order chi connectivity index (χ1) is 9.99. The lowest BCUT2D eigenvalue weighted by atomic mass is 10.1. The molecule has 4 nitrogen and oxygen atoms in total. The maximum absolute atomic E-state index is 12.0. The average Bonchev–Trinajstić information content (AvgIpc) is 2.78. The van der Waals surface area contributed by atoms with E-state index in [1.54, 1.807) is 6.07 Å². The van der Waals surface area contributed by atoms with Gasteiger partial charge >= 0.3 is 0 Å². The number of benzene rings is 1. The fourth-order valence-electron chi connectivity index (χ4n) is 2.20. The molecule has 0 radical (unpaired) electrons. The molecule has 0 bridgehead atoms. The largest absolute Gasteiger partial charge is 0.466 e. The number of carbonyl (C=O) groups excluding carboxylic acids is 1. The number of furan rings is 1. The van der Waals surface area contributed by atoms with Gasteiger partial charge in [0, 0.05) is 15.7 Å². The van der Waals surface area contributed by atoms with Crippen molar-refractivity contribution in [1.29, 1.82) is 0 Å². The van der Waals surface area contributed by atoms with E-state index >= 15 is 0 Å². The van der Waals surface area contributed by atoms with E-state index < -0.39 is 6.10 Å². The van der Waals surface area contributed by atoms with E-state index in [4.69, 9.17) is 4.42 Å². The lowest BCUT2D eigenvalue weighted by molar-refractivity contribution is 0.0941. The van der Waals surface area contributed by atoms with Gasteiger partial charge in [0.1, 0.15) is 11.5 Å². The molecular formula is C16H18INO3. The number of nitrogens with one attached hydrogen (secondary N) is 1. The van der Waals surface area contributed by atoms with Crippen LogP contribution < -0.4 is 5.32 Å². The summed E-state index contributed by atoms with van der Waals surface area (Å²) in [4.78, 5) is 12.0. The Morgan fingerprint density at radius 3 is 2.71 bits per heavy atom. The van der Waals surface area contributed by atoms with Crippen LogP contribution in [0.15, 0.2) is 34.7 Å². The number of aliphatic hydroxyl groups excluding tert-OH is 1. The van der Waals surface area contributed by atoms with E-state index in [2.05, 4.69) is 27.9 Å². The topological polar surface area (TPSA) is 62.5 Å². The molecule has 0 aliphatic rings. The summed E-state index contributed by atoms with van der Waals surface area (Å²) in [5.41, 5.74) is 1.44. The minimum atomic E-state index is -0.627. The summed E-state index contributed by atoms with van der Waals surface area (Å²) >= 11 is 2.13. The minimum absolute atomic E-state index is 0.118. The molecular weight excluding hydrogens is 381 g/mol. The van der Waals surface area contributed by atoms with Crippen molar-refractivity contribution >= 4 is 28.5 Å². The Labute approximate surface area is 137 Å². The lowest BCUT2D eigenvalue weighted by Gasteiger charge is -2.11. The number of amides is 1. The highest BCUT2D eigenvalue weighted by molar-refractivity contribution is 14.1. The lowest BCUT2D eigenvalue weighted by Crippen LogP contribution is -2.26. The maximum Gasteiger partial charge on any atom is 0.252 e. The van der Waals surface area contributed by atoms with Crippen LogP contribution in [0.25, 0.3) is 0 Å². The summed E-state index contributed by atoms with van der Waals surface area (Å²) < 4.78 is 6.31. The maximum atomic E-state index is 12.0. The SMILES string of the molecule is Cc1cc(C(O)CCNC(=O)c2ccccc2I)c(C)o1. The predicted molar refractivity (Wildman–Crippen MR) is 89.3 cm³/mol. The van der Waals surface area contributed by atoms with Crippen LogP contribution in [0.2, 0.25) is 0 Å². The number of rotatable bonds is 5. The molecule has 21 heavy (non-hydrogen) atoms. The van der Waals surface area contributed by atoms with Crippen molar-refractivity contribution in [2.24, 2.45) is 0 Å². The quantitative estimate of drug-likeness (QED) is 0.759. The van der Waals surface area contributed by atoms with Gasteiger partial charge in [0.15, 0.2) is 0 Å². The van der Waals surface area contributed by atoms with Crippen LogP contribution in [0.1, 0.15) is 40.0 Å². The van der Waals surface area contributed by atoms with Crippen molar-refractivity contribution in [3.63, 3.8) is 0 Å². The first-order valence-electron chi connectivity index (χ1n) is 6.76. The molecule has 0 aliphatic carbocycles. The van der Waals surface area contributed by atoms with Gasteiger partial charge < -0.3 is 14.8 Å². The molecule has 1 amide bonds. The number of hydrogen-bond acceptors (Lipinski definition) is 3. The van der Waals surface area contributed by atoms with Gasteiger partial charge in [-0.05, 0) is 61.1 Å². The molecule has 1 aromatic heterocycles. The summed E-state index contributed by atoms with van der Waals surface area (Å²) in [7, 11) is 0. The van der Waals surface area contributed by atoms with Gasteiger partial charge in [-0.25, -0.2) is 0 Å². The second-order valence-electron chi connectivity index (χ2n) is 4.91. The fraction of sp³-hybridized carbons (Fsp3) is 0.312. The standard InChI is InChI=1S/C16H18INO3/c1-10-9-13(11(2)21-10)15(19)7-8-18-16(20)12-5-3-4-6-14(12)17/h3-6,9,15,19H,7-8H2,1-2H3,(H,18,20). The monoisotopic (exact) mass is 399 g/mol. The van der Waals surface area contributed by atoms with Crippen molar-refractivity contribution in [3.8, 4) is 0 Å². The van der Waals surface area contributed by atoms with Crippen LogP contribution in [0.4, 0.5) is 0 Å². The Morgan fingerprint density at radius 1 is 1.38 bits per heavy atom. The summed E-state index contributed by atoms with van der Waals surface area (Å²) in [6.07, 6.45) is -0.174. The predicted octanol–water partition coefficient (Wildman–Crippen LogP) is 3.35. The molecule has 0 saturated carbocycles. The van der Waals surface area contributed by atoms with E-state index in [0.717, 1.165) is 20.7 Å². The zero-order valence-corrected chi connectivity index (χ0v) is 14.2. The highest BCUT2D eigenvalue weighted by Crippen LogP contribution is 2.23. The molecule has 2 aromatic rings. The highest BCUT2D eigenvalue weighted by Gasteiger charge is 2.15. The van der Waals surface area contributed by atoms with Gasteiger partial charge in [-0.3, -0.25) is 4.79 Å². The van der Waals surface area contributed by atoms with E-state index in [-0.39, 0.29) is 5.91 Å². The van der Waals surface area contributed by atoms with Crippen molar-refractivity contribution in [2.75, 3.05) is 6.54 Å². The van der Waals surface area contributed by atoms with Crippen molar-refractivity contribution in [1.82, 2.24) is 5.32 Å². The molecule has 1 aromatic carbocycles. The summed E-state index contributed by atoms with van der Waals surface area (Å²) in [6, 6.07) is 9.25. The van der Waals surface area contributed by atoms with E-state index in [0.29, 0.717) is 18.5 Å². The van der Waals surface area contributed by atoms with Crippen LogP contribution in [0.3, 0.4) is 0 Å². The summed E-state index contributed by atoms with van der Waals surface area (Å²) in [5.74, 6) is 1.39. The molecule has 0 spiro atoms. The van der Waals surface area contributed by atoms with Gasteiger partial charge in [-0.1, -0.05) is 12.1 Å². The Bertz CT molecular complexity index is 636. The first kappa shape index (κ1) is 16.0. The van der Waals surface area contributed by atoms with Gasteiger partial charge in [0.25, 0.3) is 5.91 Å². The van der Waals surface area contributed by atoms with E-state index in [1.165, 1.54) is 0 Å². The normalized spacial score (nSPS) is 12.2. The van der Waals surface area contributed by atoms with Crippen LogP contribution in [-0.2, 0) is 0 Å². The van der Waals surface area contributed by atoms with Crippen LogP contribution >= 0.6 is 22.6 Å². The van der Waals surface area contributed by atoms with Gasteiger partial charge in [-0.2, -0.15) is 0 Å². The zero-order chi connectivity index (χ0) is 15.4. The fourth-order valence-corrected chi connectivity index (χ4v) is 2.83. The molecule has 112 valence electrons. The molecule has 2 rings (SSSR count). The molecule has 0 aliphatic heterocycles. The molecule has 0 saturated heterocycles. The number of carbonyl (C=O) groups is 1. The Hall–Kier alpha value is -1.34. The van der Waals surface area contributed by atoms with E-state index in [9.17, 15) is 9.90 Å². The van der Waals surface area contributed by atoms with E-state index in [1.807, 2.05) is 38.1 Å². The van der Waals surface area contributed by atoms with Crippen LogP contribution in [0.5, 0.6) is 0 Å². The Morgan fingerprint density at radius 2 is 2.10 bits per heavy atom. The van der Waals surface area contributed by atoms with Crippen molar-refractivity contribution in [2.45, 2.75) is 26.4 Å². The second-order valence-corrected chi connectivity index (χ2v) is 6.07. The molecule has 2 N–H and O–H groups in total. The van der Waals surface area contributed by atoms with Gasteiger partial charge in [0.2, 0.25) is 0 Å². The number of aryl methyl sites for hydroxylation is 2. The van der Waals surface area contributed by atoms with Crippen LogP contribution in [-0.4, -0.2) is 17.6 Å². The Kier molecular flexibility index (Phi) is 5.41. The van der Waals surface area contributed by atoms with Gasteiger partial charge in [0.05, 0.1) is 11.7 Å². The molecule has 5 heteroatoms. The number of hydrogen-bond donors (Lipinski definition) is 2. The molecule has 0 fully saturated rings. The summed E-state index contributed by atoms with van der Waals surface area (Å²) in [5, 5.41) is 13.0.